The third-order valence-corrected chi connectivity index (χ3v) is 10.8. The van der Waals surface area contributed by atoms with Crippen LogP contribution >= 0.6 is 0 Å². The van der Waals surface area contributed by atoms with Crippen LogP contribution in [-0.2, 0) is 0 Å². The summed E-state index contributed by atoms with van der Waals surface area (Å²) in [6.07, 6.45) is -1.98. The van der Waals surface area contributed by atoms with E-state index in [4.69, 9.17) is 0 Å². The Morgan fingerprint density at radius 2 is 0.822 bits per heavy atom. The molecule has 0 amide bonds. The largest absolute Gasteiger partial charge is 0.851 e. The number of nitrogens with zero attached hydrogens (tertiary/aromatic N) is 4. The highest BCUT2D eigenvalue weighted by molar-refractivity contribution is 6.07. The summed E-state index contributed by atoms with van der Waals surface area (Å²) in [6, 6.07) is 21.0. The van der Waals surface area contributed by atoms with E-state index < -0.39 is 24.0 Å². The van der Waals surface area contributed by atoms with E-state index in [9.17, 15) is 10.2 Å². The second-order valence-corrected chi connectivity index (χ2v) is 13.0. The lowest BCUT2D eigenvalue weighted by atomic mass is 9.63. The normalized spacial score (nSPS) is 23.8. The van der Waals surface area contributed by atoms with Gasteiger partial charge in [-0.05, 0) is 85.7 Å². The number of hydrogen-bond acceptors (Lipinski definition) is 6. The van der Waals surface area contributed by atoms with Crippen molar-refractivity contribution < 1.29 is 10.2 Å². The van der Waals surface area contributed by atoms with E-state index in [0.29, 0.717) is 0 Å². The molecule has 0 unspecified atom stereocenters. The summed E-state index contributed by atoms with van der Waals surface area (Å²) in [7, 11) is 8.44. The second-order valence-electron chi connectivity index (χ2n) is 13.0. The number of hydrogen-bond donors (Lipinski definition) is 0. The maximum absolute atomic E-state index is 14.0. The molecule has 0 radical (unpaired) electrons. The van der Waals surface area contributed by atoms with Crippen LogP contribution in [0, 0.1) is 0 Å². The molecule has 4 aromatic rings. The monoisotopic (exact) mass is 610 g/mol. The van der Waals surface area contributed by atoms with Gasteiger partial charge in [-0.3, -0.25) is 0 Å². The summed E-state index contributed by atoms with van der Waals surface area (Å²) >= 11 is 0. The van der Waals surface area contributed by atoms with Crippen molar-refractivity contribution in [1.29, 1.82) is 0 Å². The minimum Gasteiger partial charge on any atom is -0.851 e. The zero-order chi connectivity index (χ0) is 32.5. The molecule has 0 aromatic heterocycles. The Morgan fingerprint density at radius 3 is 1.16 bits per heavy atom. The van der Waals surface area contributed by atoms with Gasteiger partial charge in [0.05, 0.1) is 0 Å². The van der Waals surface area contributed by atoms with Gasteiger partial charge in [-0.2, -0.15) is 0 Å². The molecule has 3 aliphatic rings. The van der Waals surface area contributed by atoms with Gasteiger partial charge in [0.15, 0.2) is 0 Å². The first-order valence-corrected chi connectivity index (χ1v) is 16.3. The fourth-order valence-electron chi connectivity index (χ4n) is 7.35. The zero-order valence-electron chi connectivity index (χ0n) is 28.7. The molecule has 6 heteroatoms. The molecule has 4 aromatic carbocycles. The highest BCUT2D eigenvalue weighted by Gasteiger charge is 2.42. The standard InChI is InChI=1S/C34H38N4O2.2C2H6.CH4/c1-33(2)35(5)23-13-9-11-19-15-21(17-25(27(19)23)37(33)7)29-31(39)30(32(29)40)22-16-20-12-10-14-24-28(20)26(18-22)38(8)34(3,4)36(24)6;2*1-2;/h9-18,29-32H,1-8H3;2*1-2H3;1H4/q-2;;;. The Morgan fingerprint density at radius 1 is 0.511 bits per heavy atom. The molecule has 1 saturated carbocycles. The lowest BCUT2D eigenvalue weighted by Crippen LogP contribution is -2.63. The van der Waals surface area contributed by atoms with Crippen molar-refractivity contribution in [3.63, 3.8) is 0 Å². The lowest BCUT2D eigenvalue weighted by Gasteiger charge is -2.62. The molecular weight excluding hydrogens is 556 g/mol. The maximum atomic E-state index is 14.0. The highest BCUT2D eigenvalue weighted by Crippen LogP contribution is 2.52. The Bertz CT molecular complexity index is 1560. The van der Waals surface area contributed by atoms with E-state index in [-0.39, 0.29) is 18.8 Å². The van der Waals surface area contributed by atoms with Gasteiger partial charge in [-0.1, -0.05) is 71.5 Å². The molecule has 1 fully saturated rings. The average Bonchev–Trinajstić information content (AvgIpc) is 3.02. The third-order valence-electron chi connectivity index (χ3n) is 10.8. The van der Waals surface area contributed by atoms with Crippen molar-refractivity contribution in [1.82, 2.24) is 0 Å². The quantitative estimate of drug-likeness (QED) is 0.238. The summed E-state index contributed by atoms with van der Waals surface area (Å²) in [5.74, 6) is -1.13. The van der Waals surface area contributed by atoms with Gasteiger partial charge in [-0.15, -0.1) is 12.2 Å². The molecule has 6 nitrogen and oxygen atoms in total. The molecule has 244 valence electrons. The van der Waals surface area contributed by atoms with Crippen molar-refractivity contribution in [3.8, 4) is 0 Å². The van der Waals surface area contributed by atoms with Crippen LogP contribution in [0.5, 0.6) is 0 Å². The predicted octanol–water partition coefficient (Wildman–Crippen LogP) is 7.26. The lowest BCUT2D eigenvalue weighted by molar-refractivity contribution is -0.536. The zero-order valence-corrected chi connectivity index (χ0v) is 28.7. The summed E-state index contributed by atoms with van der Waals surface area (Å²) < 4.78 is 0. The fraction of sp³-hybridized carbons (Fsp3) is 0.487. The van der Waals surface area contributed by atoms with Crippen LogP contribution < -0.4 is 29.8 Å². The van der Waals surface area contributed by atoms with Crippen molar-refractivity contribution in [2.45, 2.75) is 98.2 Å². The molecule has 7 rings (SSSR count). The summed E-state index contributed by atoms with van der Waals surface area (Å²) in [6.45, 7) is 16.8. The van der Waals surface area contributed by atoms with Gasteiger partial charge in [0, 0.05) is 61.7 Å². The van der Waals surface area contributed by atoms with Crippen LogP contribution in [-0.4, -0.2) is 51.7 Å². The van der Waals surface area contributed by atoms with Gasteiger partial charge >= 0.3 is 0 Å². The van der Waals surface area contributed by atoms with Gasteiger partial charge < -0.3 is 29.8 Å². The maximum Gasteiger partial charge on any atom is 0.106 e. The van der Waals surface area contributed by atoms with Crippen molar-refractivity contribution in [3.05, 3.63) is 71.8 Å². The van der Waals surface area contributed by atoms with Crippen molar-refractivity contribution >= 4 is 44.3 Å². The Hall–Kier alpha value is -3.48. The minimum atomic E-state index is -0.989. The predicted molar refractivity (Wildman–Crippen MR) is 192 cm³/mol. The molecule has 45 heavy (non-hydrogen) atoms. The average molecular weight is 611 g/mol. The molecule has 2 heterocycles. The molecule has 0 spiro atoms. The Kier molecular flexibility index (Phi) is 9.20. The van der Waals surface area contributed by atoms with Gasteiger partial charge in [0.1, 0.15) is 11.3 Å². The molecule has 2 aliphatic heterocycles. The highest BCUT2D eigenvalue weighted by atomic mass is 16.3. The number of rotatable bonds is 2. The van der Waals surface area contributed by atoms with Gasteiger partial charge in [-0.25, -0.2) is 0 Å². The van der Waals surface area contributed by atoms with Crippen LogP contribution in [0.25, 0.3) is 21.5 Å². The number of anilines is 4. The first kappa shape index (κ1) is 34.4. The van der Waals surface area contributed by atoms with Gasteiger partial charge in [0.2, 0.25) is 0 Å². The van der Waals surface area contributed by atoms with E-state index in [0.717, 1.165) is 33.3 Å². The van der Waals surface area contributed by atoms with Gasteiger partial charge in [0.25, 0.3) is 0 Å². The first-order valence-electron chi connectivity index (χ1n) is 16.3. The molecule has 0 atom stereocenters. The van der Waals surface area contributed by atoms with E-state index in [2.05, 4.69) is 136 Å². The smallest absolute Gasteiger partial charge is 0.106 e. The summed E-state index contributed by atoms with van der Waals surface area (Å²) in [5, 5.41) is 32.5. The van der Waals surface area contributed by atoms with E-state index in [1.807, 2.05) is 27.7 Å². The molecule has 0 bridgehead atoms. The Labute approximate surface area is 271 Å². The molecule has 1 aliphatic carbocycles. The van der Waals surface area contributed by atoms with Crippen molar-refractivity contribution in [2.24, 2.45) is 0 Å². The van der Waals surface area contributed by atoms with Crippen LogP contribution in [0.1, 0.15) is 85.8 Å². The first-order chi connectivity index (χ1) is 20.9. The molecular formula is C39H54N4O2-2. The fourth-order valence-corrected chi connectivity index (χ4v) is 7.35. The molecule has 0 N–H and O–H groups in total. The summed E-state index contributed by atoms with van der Waals surface area (Å²) in [4.78, 5) is 9.12. The SMILES string of the molecule is C.CC.CC.CN1c2cccc3cc(C4C([O-])C(c5cc6c7c(cccc7c5)N(C)C(C)(C)N6C)C4[O-])cc(c23)N(C)C1(C)C. The second kappa shape index (κ2) is 12.0. The molecule has 0 saturated heterocycles. The van der Waals surface area contributed by atoms with Crippen LogP contribution in [0.4, 0.5) is 22.7 Å². The Balaban J connectivity index is 0.000000888. The minimum absolute atomic E-state index is 0. The van der Waals surface area contributed by atoms with Crippen molar-refractivity contribution in [2.75, 3.05) is 47.8 Å². The summed E-state index contributed by atoms with van der Waals surface area (Å²) in [5.41, 5.74) is 5.78. The van der Waals surface area contributed by atoms with Crippen LogP contribution in [0.3, 0.4) is 0 Å². The number of benzene rings is 4. The third kappa shape index (κ3) is 4.75. The topological polar surface area (TPSA) is 59.1 Å². The van der Waals surface area contributed by atoms with E-state index in [1.54, 1.807) is 0 Å². The van der Waals surface area contributed by atoms with E-state index in [1.165, 1.54) is 22.1 Å². The van der Waals surface area contributed by atoms with Crippen LogP contribution in [0.15, 0.2) is 60.7 Å². The van der Waals surface area contributed by atoms with E-state index >= 15 is 0 Å². The van der Waals surface area contributed by atoms with Crippen LogP contribution in [0.2, 0.25) is 0 Å².